The van der Waals surface area contributed by atoms with E-state index in [1.54, 1.807) is 18.2 Å². The van der Waals surface area contributed by atoms with Crippen LogP contribution in [0.4, 0.5) is 5.13 Å². The summed E-state index contributed by atoms with van der Waals surface area (Å²) in [7, 11) is 0. The van der Waals surface area contributed by atoms with Gasteiger partial charge < -0.3 is 5.32 Å². The van der Waals surface area contributed by atoms with Gasteiger partial charge in [-0.2, -0.15) is 0 Å². The maximum atomic E-state index is 11.9. The average molecular weight is 339 g/mol. The molecule has 0 bridgehead atoms. The zero-order chi connectivity index (χ0) is 16.1. The fourth-order valence-electron chi connectivity index (χ4n) is 1.57. The lowest BCUT2D eigenvalue weighted by atomic mass is 10.2. The molecule has 2 N–H and O–H groups in total. The Morgan fingerprint density at radius 2 is 2.09 bits per heavy atom. The molecule has 0 aliphatic rings. The van der Waals surface area contributed by atoms with Crippen LogP contribution in [0.25, 0.3) is 0 Å². The maximum absolute atomic E-state index is 11.9. The van der Waals surface area contributed by atoms with Crippen molar-refractivity contribution < 1.29 is 9.59 Å². The minimum absolute atomic E-state index is 0.151. The van der Waals surface area contributed by atoms with Crippen LogP contribution in [0.5, 0.6) is 0 Å². The molecule has 0 atom stereocenters. The largest absolute Gasteiger partial charge is 0.343 e. The molecule has 2 aromatic rings. The van der Waals surface area contributed by atoms with E-state index in [0.29, 0.717) is 15.7 Å². The quantitative estimate of drug-likeness (QED) is 0.877. The van der Waals surface area contributed by atoms with Crippen molar-refractivity contribution in [2.75, 3.05) is 11.9 Å². The highest BCUT2D eigenvalue weighted by Crippen LogP contribution is 2.22. The summed E-state index contributed by atoms with van der Waals surface area (Å²) in [6, 6.07) is 6.51. The van der Waals surface area contributed by atoms with Gasteiger partial charge in [0.25, 0.3) is 5.91 Å². The van der Waals surface area contributed by atoms with E-state index in [1.807, 2.05) is 13.8 Å². The SMILES string of the molecule is CC(C)c1nnc(NC(=O)CNC(=O)c2cccc(Cl)c2)s1. The third-order valence-electron chi connectivity index (χ3n) is 2.68. The van der Waals surface area contributed by atoms with E-state index in [1.165, 1.54) is 17.4 Å². The van der Waals surface area contributed by atoms with E-state index in [2.05, 4.69) is 20.8 Å². The van der Waals surface area contributed by atoms with Crippen LogP contribution in [0.1, 0.15) is 35.1 Å². The second kappa shape index (κ2) is 7.33. The zero-order valence-corrected chi connectivity index (χ0v) is 13.7. The molecule has 116 valence electrons. The van der Waals surface area contributed by atoms with Gasteiger partial charge in [0.05, 0.1) is 6.54 Å². The lowest BCUT2D eigenvalue weighted by Crippen LogP contribution is -2.32. The summed E-state index contributed by atoms with van der Waals surface area (Å²) >= 11 is 7.13. The molecule has 0 unspecified atom stereocenters. The van der Waals surface area contributed by atoms with Gasteiger partial charge >= 0.3 is 0 Å². The second-order valence-corrected chi connectivity index (χ2v) is 6.29. The number of amides is 2. The molecule has 1 heterocycles. The van der Waals surface area contributed by atoms with E-state index in [4.69, 9.17) is 11.6 Å². The molecule has 0 radical (unpaired) electrons. The first kappa shape index (κ1) is 16.4. The molecule has 8 heteroatoms. The molecule has 1 aromatic heterocycles. The van der Waals surface area contributed by atoms with Crippen molar-refractivity contribution in [3.63, 3.8) is 0 Å². The number of rotatable bonds is 5. The molecule has 0 saturated carbocycles. The van der Waals surface area contributed by atoms with E-state index < -0.39 is 0 Å². The summed E-state index contributed by atoms with van der Waals surface area (Å²) in [5.41, 5.74) is 0.401. The summed E-state index contributed by atoms with van der Waals surface area (Å²) < 4.78 is 0. The van der Waals surface area contributed by atoms with Gasteiger partial charge in [-0.3, -0.25) is 14.9 Å². The number of nitrogens with one attached hydrogen (secondary N) is 2. The third-order valence-corrected chi connectivity index (χ3v) is 4.05. The molecule has 6 nitrogen and oxygen atoms in total. The molecule has 22 heavy (non-hydrogen) atoms. The minimum atomic E-state index is -0.363. The van der Waals surface area contributed by atoms with Crippen LogP contribution in [0.2, 0.25) is 5.02 Å². The Morgan fingerprint density at radius 3 is 2.73 bits per heavy atom. The highest BCUT2D eigenvalue weighted by Gasteiger charge is 2.12. The topological polar surface area (TPSA) is 84.0 Å². The highest BCUT2D eigenvalue weighted by molar-refractivity contribution is 7.15. The predicted molar refractivity (Wildman–Crippen MR) is 86.4 cm³/mol. The molecular weight excluding hydrogens is 324 g/mol. The van der Waals surface area contributed by atoms with Gasteiger partial charge in [-0.15, -0.1) is 10.2 Å². The Balaban J connectivity index is 1.85. The second-order valence-electron chi connectivity index (χ2n) is 4.84. The van der Waals surface area contributed by atoms with E-state index in [9.17, 15) is 9.59 Å². The summed E-state index contributed by atoms with van der Waals surface area (Å²) in [5, 5.41) is 14.7. The molecule has 2 amide bonds. The van der Waals surface area contributed by atoms with Gasteiger partial charge in [0.1, 0.15) is 5.01 Å². The van der Waals surface area contributed by atoms with Crippen LogP contribution in [-0.2, 0) is 4.79 Å². The molecular formula is C14H15ClN4O2S. The van der Waals surface area contributed by atoms with Gasteiger partial charge in [0.15, 0.2) is 0 Å². The first-order chi connectivity index (χ1) is 10.5. The highest BCUT2D eigenvalue weighted by atomic mass is 35.5. The Morgan fingerprint density at radius 1 is 1.32 bits per heavy atom. The number of nitrogens with zero attached hydrogens (tertiary/aromatic N) is 2. The van der Waals surface area contributed by atoms with Crippen molar-refractivity contribution in [3.05, 3.63) is 39.9 Å². The summed E-state index contributed by atoms with van der Waals surface area (Å²) in [6.07, 6.45) is 0. The van der Waals surface area contributed by atoms with Crippen molar-refractivity contribution in [2.45, 2.75) is 19.8 Å². The van der Waals surface area contributed by atoms with Crippen molar-refractivity contribution in [3.8, 4) is 0 Å². The first-order valence-electron chi connectivity index (χ1n) is 6.62. The predicted octanol–water partition coefficient (Wildman–Crippen LogP) is 2.68. The number of carbonyl (C=O) groups is 2. The average Bonchev–Trinajstić information content (AvgIpc) is 2.93. The molecule has 0 aliphatic heterocycles. The van der Waals surface area contributed by atoms with Gasteiger partial charge in [-0.1, -0.05) is 42.9 Å². The number of benzene rings is 1. The normalized spacial score (nSPS) is 10.5. The van der Waals surface area contributed by atoms with E-state index >= 15 is 0 Å². The van der Waals surface area contributed by atoms with Crippen molar-refractivity contribution in [1.29, 1.82) is 0 Å². The van der Waals surface area contributed by atoms with Gasteiger partial charge in [0.2, 0.25) is 11.0 Å². The fourth-order valence-corrected chi connectivity index (χ4v) is 2.53. The Bertz CT molecular complexity index is 687. The van der Waals surface area contributed by atoms with Gasteiger partial charge in [-0.05, 0) is 18.2 Å². The molecule has 0 saturated heterocycles. The monoisotopic (exact) mass is 338 g/mol. The Hall–Kier alpha value is -1.99. The number of carbonyl (C=O) groups excluding carboxylic acids is 2. The number of hydrogen-bond acceptors (Lipinski definition) is 5. The van der Waals surface area contributed by atoms with Crippen molar-refractivity contribution in [2.24, 2.45) is 0 Å². The summed E-state index contributed by atoms with van der Waals surface area (Å²) in [4.78, 5) is 23.7. The maximum Gasteiger partial charge on any atom is 0.251 e. The van der Waals surface area contributed by atoms with Crippen LogP contribution in [0.3, 0.4) is 0 Å². The Labute approximate surface area is 136 Å². The minimum Gasteiger partial charge on any atom is -0.343 e. The standard InChI is InChI=1S/C14H15ClN4O2S/c1-8(2)13-18-19-14(22-13)17-11(20)7-16-12(21)9-4-3-5-10(15)6-9/h3-6,8H,7H2,1-2H3,(H,16,21)(H,17,19,20). The molecule has 0 fully saturated rings. The molecule has 0 spiro atoms. The fraction of sp³-hybridized carbons (Fsp3) is 0.286. The van der Waals surface area contributed by atoms with E-state index in [0.717, 1.165) is 5.01 Å². The van der Waals surface area contributed by atoms with E-state index in [-0.39, 0.29) is 24.3 Å². The number of anilines is 1. The lowest BCUT2D eigenvalue weighted by molar-refractivity contribution is -0.115. The summed E-state index contributed by atoms with van der Waals surface area (Å²) in [5.74, 6) is -0.467. The Kier molecular flexibility index (Phi) is 5.46. The van der Waals surface area contributed by atoms with Gasteiger partial charge in [0, 0.05) is 16.5 Å². The molecule has 0 aliphatic carbocycles. The lowest BCUT2D eigenvalue weighted by Gasteiger charge is -2.05. The number of hydrogen-bond donors (Lipinski definition) is 2. The zero-order valence-electron chi connectivity index (χ0n) is 12.1. The van der Waals surface area contributed by atoms with Crippen LogP contribution in [0.15, 0.2) is 24.3 Å². The third kappa shape index (κ3) is 4.51. The molecule has 2 rings (SSSR count). The first-order valence-corrected chi connectivity index (χ1v) is 7.82. The van der Waals surface area contributed by atoms with Crippen LogP contribution in [-0.4, -0.2) is 28.6 Å². The number of aromatic nitrogens is 2. The summed E-state index contributed by atoms with van der Waals surface area (Å²) in [6.45, 7) is 3.84. The van der Waals surface area contributed by atoms with Gasteiger partial charge in [-0.25, -0.2) is 0 Å². The van der Waals surface area contributed by atoms with Crippen LogP contribution >= 0.6 is 22.9 Å². The van der Waals surface area contributed by atoms with Crippen LogP contribution < -0.4 is 10.6 Å². The van der Waals surface area contributed by atoms with Crippen molar-refractivity contribution >= 4 is 39.9 Å². The number of halogens is 1. The van der Waals surface area contributed by atoms with Crippen LogP contribution in [0, 0.1) is 0 Å². The smallest absolute Gasteiger partial charge is 0.251 e. The van der Waals surface area contributed by atoms with Crippen molar-refractivity contribution in [1.82, 2.24) is 15.5 Å². The molecule has 1 aromatic carbocycles.